The molecule has 6 nitrogen and oxygen atoms in total. The summed E-state index contributed by atoms with van der Waals surface area (Å²) in [5, 5.41) is 32.5. The van der Waals surface area contributed by atoms with Crippen molar-refractivity contribution in [1.29, 1.82) is 0 Å². The molecule has 0 saturated heterocycles. The standard InChI is InChI=1S/C4H6O6.Li.Ti.H/c5-1(3(7)8)2(6)4(9)10;;;/h1-2,5-6H,(H,7,8)(H,9,10);;;. The molecule has 0 amide bonds. The summed E-state index contributed by atoms with van der Waals surface area (Å²) in [6.07, 6.45) is -4.53. The van der Waals surface area contributed by atoms with E-state index in [0.717, 1.165) is 0 Å². The van der Waals surface area contributed by atoms with E-state index in [1.54, 1.807) is 0 Å². The summed E-state index contributed by atoms with van der Waals surface area (Å²) in [6, 6.07) is 0. The molecule has 0 fully saturated rings. The fraction of sp³-hybridized carbons (Fsp3) is 0.500. The average molecular weight is 206 g/mol. The van der Waals surface area contributed by atoms with Crippen LogP contribution in [0.1, 0.15) is 0 Å². The molecule has 0 saturated carbocycles. The number of carbonyl (C=O) groups is 2. The third kappa shape index (κ3) is 5.78. The first kappa shape index (κ1) is 18.1. The number of carboxylic acids is 2. The normalized spacial score (nSPS) is 13.2. The Balaban J connectivity index is -0.000000405. The van der Waals surface area contributed by atoms with E-state index >= 15 is 0 Å². The summed E-state index contributed by atoms with van der Waals surface area (Å²) < 4.78 is 0. The zero-order valence-corrected chi connectivity index (χ0v) is 6.82. The van der Waals surface area contributed by atoms with Gasteiger partial charge in [-0.1, -0.05) is 0 Å². The predicted molar refractivity (Wildman–Crippen MR) is 34.4 cm³/mol. The van der Waals surface area contributed by atoms with Gasteiger partial charge in [0.2, 0.25) is 0 Å². The topological polar surface area (TPSA) is 115 Å². The first-order chi connectivity index (χ1) is 4.46. The Kier molecular flexibility index (Phi) is 11.7. The van der Waals surface area contributed by atoms with E-state index in [-0.39, 0.29) is 40.6 Å². The van der Waals surface area contributed by atoms with E-state index in [0.29, 0.717) is 0 Å². The Morgan fingerprint density at radius 2 is 1.08 bits per heavy atom. The van der Waals surface area contributed by atoms with Crippen LogP contribution in [0.3, 0.4) is 0 Å². The van der Waals surface area contributed by atoms with E-state index in [1.165, 1.54) is 0 Å². The number of rotatable bonds is 3. The summed E-state index contributed by atoms with van der Waals surface area (Å²) in [6.45, 7) is 0. The van der Waals surface area contributed by atoms with Crippen molar-refractivity contribution in [3.8, 4) is 0 Å². The number of carboxylic acid groups (broad SMARTS) is 2. The Morgan fingerprint density at radius 3 is 1.17 bits per heavy atom. The van der Waals surface area contributed by atoms with E-state index in [1.807, 2.05) is 0 Å². The molecule has 0 spiro atoms. The van der Waals surface area contributed by atoms with Gasteiger partial charge < -0.3 is 20.4 Å². The zero-order valence-electron chi connectivity index (χ0n) is 5.26. The van der Waals surface area contributed by atoms with Crippen LogP contribution in [0.2, 0.25) is 0 Å². The summed E-state index contributed by atoms with van der Waals surface area (Å²) in [5.74, 6) is -3.54. The van der Waals surface area contributed by atoms with Crippen molar-refractivity contribution in [1.82, 2.24) is 0 Å². The number of hydrogen-bond donors (Lipinski definition) is 4. The molecule has 4 N–H and O–H groups in total. The summed E-state index contributed by atoms with van der Waals surface area (Å²) >= 11 is 0. The summed E-state index contributed by atoms with van der Waals surface area (Å²) in [4.78, 5) is 19.5. The van der Waals surface area contributed by atoms with E-state index in [4.69, 9.17) is 20.4 Å². The minimum atomic E-state index is -2.27. The number of aliphatic hydroxyl groups is 2. The molecule has 0 aliphatic carbocycles. The monoisotopic (exact) mass is 206 g/mol. The molecule has 2 atom stereocenters. The molecule has 0 aliphatic rings. The molecule has 0 rings (SSSR count). The van der Waals surface area contributed by atoms with Gasteiger partial charge >= 0.3 is 30.8 Å². The van der Waals surface area contributed by atoms with Gasteiger partial charge in [-0.2, -0.15) is 0 Å². The first-order valence-electron chi connectivity index (χ1n) is 2.28. The van der Waals surface area contributed by atoms with Crippen LogP contribution in [0, 0.1) is 0 Å². The maximum absolute atomic E-state index is 9.77. The second kappa shape index (κ2) is 7.80. The average Bonchev–Trinajstić information content (AvgIpc) is 1.84. The SMILES string of the molecule is O=C(O)C(O)C(O)C(=O)O.[LiH].[Ti]. The molecule has 8 heteroatoms. The van der Waals surface area contributed by atoms with Gasteiger partial charge in [0.25, 0.3) is 0 Å². The van der Waals surface area contributed by atoms with Gasteiger partial charge in [0.15, 0.2) is 12.2 Å². The van der Waals surface area contributed by atoms with Gasteiger partial charge in [0.05, 0.1) is 0 Å². The van der Waals surface area contributed by atoms with Gasteiger partial charge in [-0.05, 0) is 0 Å². The maximum Gasteiger partial charge on any atom is 0 e. The van der Waals surface area contributed by atoms with Crippen LogP contribution in [0.5, 0.6) is 0 Å². The van der Waals surface area contributed by atoms with Gasteiger partial charge in [-0.25, -0.2) is 9.59 Å². The first-order valence-corrected chi connectivity index (χ1v) is 2.28. The van der Waals surface area contributed by atoms with Crippen molar-refractivity contribution >= 4 is 30.8 Å². The van der Waals surface area contributed by atoms with Gasteiger partial charge in [0.1, 0.15) is 0 Å². The van der Waals surface area contributed by atoms with Crippen LogP contribution >= 0.6 is 0 Å². The number of hydrogen-bond acceptors (Lipinski definition) is 4. The van der Waals surface area contributed by atoms with Crippen molar-refractivity contribution in [2.24, 2.45) is 0 Å². The second-order valence-corrected chi connectivity index (χ2v) is 1.57. The Labute approximate surface area is 94.6 Å². The minimum absolute atomic E-state index is 0. The van der Waals surface area contributed by atoms with Crippen LogP contribution in [0.4, 0.5) is 0 Å². The van der Waals surface area contributed by atoms with Gasteiger partial charge in [-0.3, -0.25) is 0 Å². The number of aliphatic hydroxyl groups excluding tert-OH is 2. The third-order valence-corrected chi connectivity index (χ3v) is 0.805. The van der Waals surface area contributed by atoms with Crippen molar-refractivity contribution in [2.75, 3.05) is 0 Å². The molecule has 2 unspecified atom stereocenters. The molecule has 0 heterocycles. The fourth-order valence-corrected chi connectivity index (χ4v) is 0.270. The maximum atomic E-state index is 9.77. The molecule has 64 valence electrons. The Hall–Kier alpha value is 0.172. The Morgan fingerprint density at radius 1 is 0.917 bits per heavy atom. The fourth-order valence-electron chi connectivity index (χ4n) is 0.270. The smallest absolute Gasteiger partial charge is 0 e. The van der Waals surface area contributed by atoms with E-state index in [9.17, 15) is 9.59 Å². The Bertz CT molecular complexity index is 144. The molecule has 0 bridgehead atoms. The minimum Gasteiger partial charge on any atom is 0 e. The van der Waals surface area contributed by atoms with Crippen LogP contribution < -0.4 is 0 Å². The van der Waals surface area contributed by atoms with Gasteiger partial charge in [-0.15, -0.1) is 0 Å². The van der Waals surface area contributed by atoms with Crippen molar-refractivity contribution in [2.45, 2.75) is 12.2 Å². The summed E-state index contributed by atoms with van der Waals surface area (Å²) in [5.41, 5.74) is 0. The molecule has 12 heavy (non-hydrogen) atoms. The predicted octanol–water partition coefficient (Wildman–Crippen LogP) is -2.77. The van der Waals surface area contributed by atoms with Crippen molar-refractivity contribution in [3.63, 3.8) is 0 Å². The molecular formula is C4H7LiO6Ti. The molecular weight excluding hydrogens is 199 g/mol. The third-order valence-electron chi connectivity index (χ3n) is 0.805. The quantitative estimate of drug-likeness (QED) is 0.371. The zero-order chi connectivity index (χ0) is 8.31. The molecule has 0 aromatic rings. The summed E-state index contributed by atoms with van der Waals surface area (Å²) in [7, 11) is 0. The van der Waals surface area contributed by atoms with Crippen LogP contribution in [0.25, 0.3) is 0 Å². The van der Waals surface area contributed by atoms with Crippen molar-refractivity contribution < 1.29 is 51.7 Å². The van der Waals surface area contributed by atoms with Crippen LogP contribution in [-0.4, -0.2) is 63.4 Å². The molecule has 0 aliphatic heterocycles. The van der Waals surface area contributed by atoms with Crippen molar-refractivity contribution in [3.05, 3.63) is 0 Å². The molecule has 0 aromatic heterocycles. The second-order valence-electron chi connectivity index (χ2n) is 1.57. The number of aliphatic carboxylic acids is 2. The largest absolute Gasteiger partial charge is 0 e. The van der Waals surface area contributed by atoms with Crippen LogP contribution in [-0.2, 0) is 31.3 Å². The van der Waals surface area contributed by atoms with Crippen LogP contribution in [0.15, 0.2) is 0 Å². The van der Waals surface area contributed by atoms with Gasteiger partial charge in [0, 0.05) is 21.7 Å². The van der Waals surface area contributed by atoms with E-state index < -0.39 is 24.1 Å². The van der Waals surface area contributed by atoms with E-state index in [2.05, 4.69) is 0 Å². The molecule has 0 radical (unpaired) electrons. The molecule has 0 aromatic carbocycles.